The van der Waals surface area contributed by atoms with E-state index in [-0.39, 0.29) is 0 Å². The zero-order valence-electron chi connectivity index (χ0n) is 9.27. The van der Waals surface area contributed by atoms with Gasteiger partial charge >= 0.3 is 6.09 Å². The van der Waals surface area contributed by atoms with Gasteiger partial charge in [0, 0.05) is 17.9 Å². The first-order valence-corrected chi connectivity index (χ1v) is 4.88. The van der Waals surface area contributed by atoms with Crippen LogP contribution in [0.1, 0.15) is 6.92 Å². The van der Waals surface area contributed by atoms with Crippen LogP contribution in [-0.4, -0.2) is 26.2 Å². The maximum Gasteiger partial charge on any atom is 0.411 e. The molecule has 0 saturated heterocycles. The van der Waals surface area contributed by atoms with Gasteiger partial charge in [0.25, 0.3) is 0 Å². The molecule has 0 fully saturated rings. The SMILES string of the molecule is CCN(C=O)c1ccc(NC(=O)OC)cc1. The highest BCUT2D eigenvalue weighted by Crippen LogP contribution is 2.16. The van der Waals surface area contributed by atoms with Gasteiger partial charge in [-0.05, 0) is 31.2 Å². The van der Waals surface area contributed by atoms with E-state index in [1.807, 2.05) is 6.92 Å². The Kier molecular flexibility index (Phi) is 4.32. The average Bonchev–Trinajstić information content (AvgIpc) is 2.32. The minimum Gasteiger partial charge on any atom is -0.453 e. The van der Waals surface area contributed by atoms with Crippen LogP contribution in [-0.2, 0) is 9.53 Å². The van der Waals surface area contributed by atoms with Crippen molar-refractivity contribution in [3.05, 3.63) is 24.3 Å². The molecule has 1 rings (SSSR count). The normalized spacial score (nSPS) is 9.38. The molecular formula is C11H14N2O3. The molecule has 0 aliphatic heterocycles. The number of carbonyl (C=O) groups is 2. The number of carbonyl (C=O) groups excluding carboxylic acids is 2. The molecule has 1 aromatic rings. The Bertz CT molecular complexity index is 362. The summed E-state index contributed by atoms with van der Waals surface area (Å²) in [5, 5.41) is 2.53. The van der Waals surface area contributed by atoms with Gasteiger partial charge in [-0.1, -0.05) is 0 Å². The number of anilines is 2. The fourth-order valence-electron chi connectivity index (χ4n) is 1.22. The fourth-order valence-corrected chi connectivity index (χ4v) is 1.22. The van der Waals surface area contributed by atoms with Gasteiger partial charge in [-0.15, -0.1) is 0 Å². The number of methoxy groups -OCH3 is 1. The fraction of sp³-hybridized carbons (Fsp3) is 0.273. The van der Waals surface area contributed by atoms with E-state index in [1.54, 1.807) is 29.2 Å². The van der Waals surface area contributed by atoms with E-state index in [1.165, 1.54) is 7.11 Å². The largest absolute Gasteiger partial charge is 0.453 e. The molecule has 0 heterocycles. The molecule has 1 N–H and O–H groups in total. The molecule has 1 aromatic carbocycles. The zero-order chi connectivity index (χ0) is 12.0. The van der Waals surface area contributed by atoms with Crippen molar-refractivity contribution in [3.8, 4) is 0 Å². The first-order valence-electron chi connectivity index (χ1n) is 4.88. The molecule has 2 amide bonds. The first-order chi connectivity index (χ1) is 7.71. The summed E-state index contributed by atoms with van der Waals surface area (Å²) in [6.45, 7) is 2.49. The summed E-state index contributed by atoms with van der Waals surface area (Å²) in [7, 11) is 1.30. The monoisotopic (exact) mass is 222 g/mol. The van der Waals surface area contributed by atoms with Crippen molar-refractivity contribution < 1.29 is 14.3 Å². The Labute approximate surface area is 94.0 Å². The Balaban J connectivity index is 2.74. The Morgan fingerprint density at radius 2 is 2.06 bits per heavy atom. The topological polar surface area (TPSA) is 58.6 Å². The smallest absolute Gasteiger partial charge is 0.411 e. The van der Waals surface area contributed by atoms with Gasteiger partial charge in [-0.2, -0.15) is 0 Å². The molecule has 0 aliphatic carbocycles. The third kappa shape index (κ3) is 2.98. The Hall–Kier alpha value is -2.04. The van der Waals surface area contributed by atoms with Gasteiger partial charge in [0.1, 0.15) is 0 Å². The van der Waals surface area contributed by atoms with E-state index in [0.29, 0.717) is 12.2 Å². The second kappa shape index (κ2) is 5.75. The molecule has 86 valence electrons. The molecule has 0 atom stereocenters. The maximum atomic E-state index is 10.9. The molecule has 0 saturated carbocycles. The number of rotatable bonds is 4. The molecule has 0 aromatic heterocycles. The minimum atomic E-state index is -0.518. The number of amides is 2. The number of benzene rings is 1. The van der Waals surface area contributed by atoms with Crippen LogP contribution in [0.3, 0.4) is 0 Å². The van der Waals surface area contributed by atoms with Crippen molar-refractivity contribution in [2.75, 3.05) is 23.9 Å². The lowest BCUT2D eigenvalue weighted by molar-refractivity contribution is -0.107. The van der Waals surface area contributed by atoms with Gasteiger partial charge in [-0.25, -0.2) is 4.79 Å². The lowest BCUT2D eigenvalue weighted by Crippen LogP contribution is -2.20. The van der Waals surface area contributed by atoms with E-state index >= 15 is 0 Å². The summed E-state index contributed by atoms with van der Waals surface area (Å²) < 4.78 is 4.46. The van der Waals surface area contributed by atoms with Crippen LogP contribution in [0.2, 0.25) is 0 Å². The highest BCUT2D eigenvalue weighted by atomic mass is 16.5. The molecule has 5 nitrogen and oxygen atoms in total. The van der Waals surface area contributed by atoms with Crippen LogP contribution in [0.4, 0.5) is 16.2 Å². The minimum absolute atomic E-state index is 0.518. The second-order valence-electron chi connectivity index (χ2n) is 3.05. The lowest BCUT2D eigenvalue weighted by atomic mass is 10.2. The van der Waals surface area contributed by atoms with E-state index in [4.69, 9.17) is 0 Å². The van der Waals surface area contributed by atoms with Crippen molar-refractivity contribution in [2.24, 2.45) is 0 Å². The zero-order valence-corrected chi connectivity index (χ0v) is 9.27. The predicted octanol–water partition coefficient (Wildman–Crippen LogP) is 1.85. The quantitative estimate of drug-likeness (QED) is 0.791. The summed E-state index contributed by atoms with van der Waals surface area (Å²) in [6, 6.07) is 6.92. The van der Waals surface area contributed by atoms with Crippen LogP contribution in [0, 0.1) is 0 Å². The van der Waals surface area contributed by atoms with Crippen LogP contribution in [0.15, 0.2) is 24.3 Å². The molecule has 5 heteroatoms. The number of hydrogen-bond donors (Lipinski definition) is 1. The van der Waals surface area contributed by atoms with Gasteiger partial charge in [0.2, 0.25) is 6.41 Å². The van der Waals surface area contributed by atoms with Crippen LogP contribution >= 0.6 is 0 Å². The van der Waals surface area contributed by atoms with E-state index in [9.17, 15) is 9.59 Å². The molecule has 0 spiro atoms. The highest BCUT2D eigenvalue weighted by Gasteiger charge is 2.03. The van der Waals surface area contributed by atoms with Crippen molar-refractivity contribution in [1.29, 1.82) is 0 Å². The van der Waals surface area contributed by atoms with Crippen molar-refractivity contribution in [3.63, 3.8) is 0 Å². The summed E-state index contributed by atoms with van der Waals surface area (Å²) >= 11 is 0. The standard InChI is InChI=1S/C11H14N2O3/c1-3-13(8-14)10-6-4-9(5-7-10)12-11(15)16-2/h4-8H,3H2,1-2H3,(H,12,15). The number of ether oxygens (including phenoxy) is 1. The molecular weight excluding hydrogens is 208 g/mol. The van der Waals surface area contributed by atoms with Gasteiger partial charge in [0.05, 0.1) is 7.11 Å². The maximum absolute atomic E-state index is 10.9. The van der Waals surface area contributed by atoms with E-state index in [0.717, 1.165) is 12.1 Å². The van der Waals surface area contributed by atoms with Crippen molar-refractivity contribution >= 4 is 23.9 Å². The molecule has 16 heavy (non-hydrogen) atoms. The van der Waals surface area contributed by atoms with Gasteiger partial charge in [0.15, 0.2) is 0 Å². The van der Waals surface area contributed by atoms with Crippen LogP contribution in [0.25, 0.3) is 0 Å². The third-order valence-corrected chi connectivity index (χ3v) is 2.10. The average molecular weight is 222 g/mol. The first kappa shape index (κ1) is 12.0. The molecule has 0 aliphatic rings. The molecule has 0 bridgehead atoms. The van der Waals surface area contributed by atoms with Crippen molar-refractivity contribution in [2.45, 2.75) is 6.92 Å². The third-order valence-electron chi connectivity index (χ3n) is 2.10. The summed E-state index contributed by atoms with van der Waals surface area (Å²) in [5.41, 5.74) is 1.41. The molecule has 0 unspecified atom stereocenters. The highest BCUT2D eigenvalue weighted by molar-refractivity contribution is 5.85. The van der Waals surface area contributed by atoms with E-state index < -0.39 is 6.09 Å². The second-order valence-corrected chi connectivity index (χ2v) is 3.05. The number of nitrogens with one attached hydrogen (secondary N) is 1. The Morgan fingerprint density at radius 1 is 1.44 bits per heavy atom. The summed E-state index contributed by atoms with van der Waals surface area (Å²) in [6.07, 6.45) is 0.249. The van der Waals surface area contributed by atoms with Gasteiger partial charge < -0.3 is 9.64 Å². The predicted molar refractivity (Wildman–Crippen MR) is 61.6 cm³/mol. The number of hydrogen-bond acceptors (Lipinski definition) is 3. The van der Waals surface area contributed by atoms with Crippen LogP contribution in [0.5, 0.6) is 0 Å². The van der Waals surface area contributed by atoms with Crippen molar-refractivity contribution in [1.82, 2.24) is 0 Å². The number of nitrogens with zero attached hydrogens (tertiary/aromatic N) is 1. The summed E-state index contributed by atoms with van der Waals surface area (Å²) in [4.78, 5) is 23.2. The van der Waals surface area contributed by atoms with E-state index in [2.05, 4.69) is 10.1 Å². The Morgan fingerprint density at radius 3 is 2.50 bits per heavy atom. The van der Waals surface area contributed by atoms with Gasteiger partial charge in [-0.3, -0.25) is 10.1 Å². The van der Waals surface area contributed by atoms with Crippen LogP contribution < -0.4 is 10.2 Å². The molecule has 0 radical (unpaired) electrons. The lowest BCUT2D eigenvalue weighted by Gasteiger charge is -2.15. The summed E-state index contributed by atoms with van der Waals surface area (Å²) in [5.74, 6) is 0.